The van der Waals surface area contributed by atoms with Crippen molar-refractivity contribution in [2.45, 2.75) is 92.5 Å². The number of anilines is 1. The Bertz CT molecular complexity index is 1160. The van der Waals surface area contributed by atoms with E-state index < -0.39 is 23.8 Å². The van der Waals surface area contributed by atoms with Crippen molar-refractivity contribution in [1.29, 1.82) is 0 Å². The van der Waals surface area contributed by atoms with Gasteiger partial charge < -0.3 is 20.3 Å². The summed E-state index contributed by atoms with van der Waals surface area (Å²) in [4.78, 5) is 42.6. The number of hydrogen-bond acceptors (Lipinski definition) is 4. The molecule has 39 heavy (non-hydrogen) atoms. The highest BCUT2D eigenvalue weighted by Crippen LogP contribution is 2.30. The van der Waals surface area contributed by atoms with E-state index in [1.54, 1.807) is 31.7 Å². The van der Waals surface area contributed by atoms with Gasteiger partial charge in [0.1, 0.15) is 17.7 Å². The second kappa shape index (κ2) is 13.5. The number of aryl methyl sites for hydroxylation is 2. The van der Waals surface area contributed by atoms with Crippen LogP contribution in [0.2, 0.25) is 0 Å². The van der Waals surface area contributed by atoms with Gasteiger partial charge in [-0.25, -0.2) is 4.79 Å². The van der Waals surface area contributed by atoms with Crippen LogP contribution in [0.15, 0.2) is 49.0 Å². The van der Waals surface area contributed by atoms with Crippen molar-refractivity contribution < 1.29 is 19.1 Å². The fourth-order valence-electron chi connectivity index (χ4n) is 4.50. The summed E-state index contributed by atoms with van der Waals surface area (Å²) in [5.41, 5.74) is 3.33. The van der Waals surface area contributed by atoms with Gasteiger partial charge in [-0.1, -0.05) is 62.9 Å². The van der Waals surface area contributed by atoms with Crippen LogP contribution in [0, 0.1) is 19.8 Å². The largest absolute Gasteiger partial charge is 0.444 e. The van der Waals surface area contributed by atoms with Crippen LogP contribution in [0.4, 0.5) is 10.5 Å². The molecule has 2 aromatic carbocycles. The van der Waals surface area contributed by atoms with Crippen LogP contribution >= 0.6 is 0 Å². The molecule has 2 atom stereocenters. The SMILES string of the molecule is C=Cc1cccc(C(C(=O)Nc2c(C)cccc2C)N(C(=O)C(CC(C)C)NC(=O)OC(C)(C)C)C(C)C)c1. The second-order valence-electron chi connectivity index (χ2n) is 11.7. The van der Waals surface area contributed by atoms with Gasteiger partial charge in [-0.15, -0.1) is 0 Å². The molecular formula is C32H45N3O4. The number of para-hydroxylation sites is 1. The summed E-state index contributed by atoms with van der Waals surface area (Å²) in [5.74, 6) is -0.583. The molecule has 0 aliphatic carbocycles. The molecule has 0 fully saturated rings. The van der Waals surface area contributed by atoms with E-state index in [1.165, 1.54) is 0 Å². The average molecular weight is 536 g/mol. The van der Waals surface area contributed by atoms with Gasteiger partial charge in [-0.2, -0.15) is 0 Å². The standard InChI is InChI=1S/C32H45N3O4/c1-11-24-16-13-17-25(19-24)28(29(36)34-27-22(6)14-12-15-23(27)7)35(21(4)5)30(37)26(18-20(2)3)33-31(38)39-32(8,9)10/h11-17,19-21,26,28H,1,18H2,2-10H3,(H,33,38)(H,34,36). The van der Waals surface area contributed by atoms with Crippen molar-refractivity contribution in [2.75, 3.05) is 5.32 Å². The monoisotopic (exact) mass is 535 g/mol. The summed E-state index contributed by atoms with van der Waals surface area (Å²) in [5, 5.41) is 5.86. The Morgan fingerprint density at radius 3 is 2.10 bits per heavy atom. The Hall–Kier alpha value is -3.61. The Morgan fingerprint density at radius 2 is 1.59 bits per heavy atom. The van der Waals surface area contributed by atoms with E-state index in [0.717, 1.165) is 16.7 Å². The number of alkyl carbamates (subject to hydrolysis) is 1. The number of hydrogen-bond donors (Lipinski definition) is 2. The van der Waals surface area contributed by atoms with Gasteiger partial charge in [-0.05, 0) is 89.1 Å². The number of nitrogens with one attached hydrogen (secondary N) is 2. The molecule has 0 aliphatic heterocycles. The molecule has 3 amide bonds. The van der Waals surface area contributed by atoms with Crippen LogP contribution < -0.4 is 10.6 Å². The fourth-order valence-corrected chi connectivity index (χ4v) is 4.50. The first-order valence-electron chi connectivity index (χ1n) is 13.6. The zero-order chi connectivity index (χ0) is 29.5. The van der Waals surface area contributed by atoms with Gasteiger partial charge in [0.05, 0.1) is 0 Å². The molecule has 0 heterocycles. The van der Waals surface area contributed by atoms with Crippen molar-refractivity contribution in [2.24, 2.45) is 5.92 Å². The predicted octanol–water partition coefficient (Wildman–Crippen LogP) is 6.80. The van der Waals surface area contributed by atoms with E-state index in [2.05, 4.69) is 17.2 Å². The summed E-state index contributed by atoms with van der Waals surface area (Å²) >= 11 is 0. The first-order chi connectivity index (χ1) is 18.1. The first kappa shape index (κ1) is 31.6. The van der Waals surface area contributed by atoms with Gasteiger partial charge in [0.25, 0.3) is 5.91 Å². The minimum atomic E-state index is -0.952. The molecule has 0 bridgehead atoms. The fraction of sp³-hybridized carbons (Fsp3) is 0.469. The topological polar surface area (TPSA) is 87.7 Å². The Labute approximate surface area is 234 Å². The third-order valence-corrected chi connectivity index (χ3v) is 6.22. The molecule has 2 unspecified atom stereocenters. The number of carbonyl (C=O) groups excluding carboxylic acids is 3. The first-order valence-corrected chi connectivity index (χ1v) is 13.6. The number of carbonyl (C=O) groups is 3. The summed E-state index contributed by atoms with van der Waals surface area (Å²) in [6.45, 7) is 20.7. The highest BCUT2D eigenvalue weighted by Gasteiger charge is 2.38. The minimum Gasteiger partial charge on any atom is -0.444 e. The summed E-state index contributed by atoms with van der Waals surface area (Å²) in [6.07, 6.45) is 1.42. The van der Waals surface area contributed by atoms with Gasteiger partial charge in [-0.3, -0.25) is 9.59 Å². The maximum Gasteiger partial charge on any atom is 0.408 e. The van der Waals surface area contributed by atoms with Crippen molar-refractivity contribution in [3.63, 3.8) is 0 Å². The van der Waals surface area contributed by atoms with Crippen LogP contribution in [-0.4, -0.2) is 40.5 Å². The second-order valence-corrected chi connectivity index (χ2v) is 11.7. The van der Waals surface area contributed by atoms with E-state index in [9.17, 15) is 14.4 Å². The average Bonchev–Trinajstić information content (AvgIpc) is 2.82. The summed E-state index contributed by atoms with van der Waals surface area (Å²) < 4.78 is 5.46. The molecule has 212 valence electrons. The van der Waals surface area contributed by atoms with Crippen molar-refractivity contribution in [3.8, 4) is 0 Å². The Balaban J connectivity index is 2.60. The number of rotatable bonds is 10. The lowest BCUT2D eigenvalue weighted by Gasteiger charge is -2.37. The zero-order valence-corrected chi connectivity index (χ0v) is 24.9. The van der Waals surface area contributed by atoms with E-state index >= 15 is 0 Å². The molecule has 2 N–H and O–H groups in total. The van der Waals surface area contributed by atoms with Crippen LogP contribution in [0.5, 0.6) is 0 Å². The van der Waals surface area contributed by atoms with Crippen LogP contribution in [0.25, 0.3) is 6.08 Å². The van der Waals surface area contributed by atoms with E-state index in [4.69, 9.17) is 4.74 Å². The Kier molecular flexibility index (Phi) is 10.9. The molecular weight excluding hydrogens is 490 g/mol. The lowest BCUT2D eigenvalue weighted by molar-refractivity contribution is -0.143. The molecule has 0 aliphatic rings. The molecule has 0 aromatic heterocycles. The lowest BCUT2D eigenvalue weighted by atomic mass is 9.96. The molecule has 2 aromatic rings. The highest BCUT2D eigenvalue weighted by molar-refractivity contribution is 6.00. The summed E-state index contributed by atoms with van der Waals surface area (Å²) in [6, 6.07) is 11.1. The number of nitrogens with zero attached hydrogens (tertiary/aromatic N) is 1. The van der Waals surface area contributed by atoms with Gasteiger partial charge in [0, 0.05) is 11.7 Å². The number of benzene rings is 2. The molecule has 0 saturated heterocycles. The lowest BCUT2D eigenvalue weighted by Crippen LogP contribution is -2.54. The van der Waals surface area contributed by atoms with Crippen molar-refractivity contribution in [3.05, 3.63) is 71.3 Å². The third-order valence-electron chi connectivity index (χ3n) is 6.22. The number of ether oxygens (including phenoxy) is 1. The number of amides is 3. The van der Waals surface area contributed by atoms with E-state index in [0.29, 0.717) is 17.7 Å². The van der Waals surface area contributed by atoms with E-state index in [1.807, 2.05) is 84.0 Å². The van der Waals surface area contributed by atoms with Crippen molar-refractivity contribution in [1.82, 2.24) is 10.2 Å². The Morgan fingerprint density at radius 1 is 1.00 bits per heavy atom. The maximum absolute atomic E-state index is 14.2. The van der Waals surface area contributed by atoms with Crippen LogP contribution in [-0.2, 0) is 14.3 Å². The molecule has 0 radical (unpaired) electrons. The van der Waals surface area contributed by atoms with Crippen molar-refractivity contribution >= 4 is 29.7 Å². The normalized spacial score (nSPS) is 13.0. The van der Waals surface area contributed by atoms with E-state index in [-0.39, 0.29) is 23.8 Å². The predicted molar refractivity (Wildman–Crippen MR) is 158 cm³/mol. The van der Waals surface area contributed by atoms with Crippen LogP contribution in [0.1, 0.15) is 83.2 Å². The van der Waals surface area contributed by atoms with Gasteiger partial charge >= 0.3 is 6.09 Å². The molecule has 0 spiro atoms. The quantitative estimate of drug-likeness (QED) is 0.350. The maximum atomic E-state index is 14.2. The van der Waals surface area contributed by atoms with Crippen LogP contribution in [0.3, 0.4) is 0 Å². The molecule has 7 heteroatoms. The van der Waals surface area contributed by atoms with Gasteiger partial charge in [0.2, 0.25) is 5.91 Å². The molecule has 7 nitrogen and oxygen atoms in total. The summed E-state index contributed by atoms with van der Waals surface area (Å²) in [7, 11) is 0. The van der Waals surface area contributed by atoms with Gasteiger partial charge in [0.15, 0.2) is 0 Å². The third kappa shape index (κ3) is 8.98. The molecule has 2 rings (SSSR count). The molecule has 0 saturated carbocycles. The minimum absolute atomic E-state index is 0.105. The smallest absolute Gasteiger partial charge is 0.408 e. The highest BCUT2D eigenvalue weighted by atomic mass is 16.6. The zero-order valence-electron chi connectivity index (χ0n) is 24.9.